The Hall–Kier alpha value is -8.38. The van der Waals surface area contributed by atoms with Crippen LogP contribution in [0.1, 0.15) is 124 Å². The molecule has 1 saturated heterocycles. The lowest BCUT2D eigenvalue weighted by Crippen LogP contribution is -2.47. The van der Waals surface area contributed by atoms with E-state index in [0.717, 1.165) is 44.1 Å². The first-order valence-corrected chi connectivity index (χ1v) is 27.0. The summed E-state index contributed by atoms with van der Waals surface area (Å²) in [6.45, 7) is 17.3. The minimum absolute atomic E-state index is 0.0381. The summed E-state index contributed by atoms with van der Waals surface area (Å²) >= 11 is 0. The molecule has 2 aliphatic rings. The Kier molecular flexibility index (Phi) is 16.6. The molecule has 0 radical (unpaired) electrons. The van der Waals surface area contributed by atoms with Crippen molar-refractivity contribution < 1.29 is 33.4 Å². The fraction of sp³-hybridized carbons (Fsp3) is 0.455. The molecule has 0 unspecified atom stereocenters. The van der Waals surface area contributed by atoms with Crippen LogP contribution >= 0.6 is 0 Å². The SMILES string of the molecule is CCn1nc(C)cc1C(=O)Nc1cc2cc(C(N)=O)cc(OCCCN3CCC(c4nnc5n4CCN(C(=O)[C@@H](N)CC(C)C)C5)CC3)c2n1C/C=C/Cn1c(NC(=O)c2cc(C)nn2CC)nc2cc(C(N)=O)cc(OC)c21. The second kappa shape index (κ2) is 23.7. The minimum Gasteiger partial charge on any atom is -0.494 e. The molecule has 0 bridgehead atoms. The van der Waals surface area contributed by atoms with Crippen molar-refractivity contribution in [2.75, 3.05) is 50.5 Å². The zero-order valence-corrected chi connectivity index (χ0v) is 46.0. The number of imidazole rings is 1. The first kappa shape index (κ1) is 55.4. The maximum atomic E-state index is 14.1. The second-order valence-electron chi connectivity index (χ2n) is 20.7. The third kappa shape index (κ3) is 11.9. The fourth-order valence-electron chi connectivity index (χ4n) is 10.8. The van der Waals surface area contributed by atoms with Gasteiger partial charge in [-0.05, 0) is 115 Å². The van der Waals surface area contributed by atoms with Gasteiger partial charge in [0.15, 0.2) is 5.82 Å². The molecule has 24 heteroatoms. The maximum absolute atomic E-state index is 14.1. The molecular weight excluding hydrogens is 1010 g/mol. The number of aromatic nitrogens is 10. The molecule has 1 atom stereocenters. The van der Waals surface area contributed by atoms with Crippen molar-refractivity contribution in [1.29, 1.82) is 0 Å². The highest BCUT2D eigenvalue weighted by atomic mass is 16.5. The Morgan fingerprint density at radius 3 is 2.04 bits per heavy atom. The highest BCUT2D eigenvalue weighted by Crippen LogP contribution is 2.36. The number of allylic oxidation sites excluding steroid dienone is 2. The third-order valence-corrected chi connectivity index (χ3v) is 14.6. The molecule has 2 aliphatic heterocycles. The first-order valence-electron chi connectivity index (χ1n) is 27.0. The molecule has 0 aliphatic carbocycles. The number of piperidine rings is 1. The highest BCUT2D eigenvalue weighted by molar-refractivity contribution is 6.06. The van der Waals surface area contributed by atoms with Gasteiger partial charge in [0.25, 0.3) is 11.8 Å². The fourth-order valence-corrected chi connectivity index (χ4v) is 10.8. The molecule has 9 rings (SSSR count). The van der Waals surface area contributed by atoms with Gasteiger partial charge in [-0.15, -0.1) is 10.2 Å². The number of nitrogens with one attached hydrogen (secondary N) is 2. The molecule has 5 aromatic heterocycles. The van der Waals surface area contributed by atoms with Crippen LogP contribution in [-0.2, 0) is 44.1 Å². The van der Waals surface area contributed by atoms with Gasteiger partial charge in [-0.3, -0.25) is 38.7 Å². The Bertz CT molecular complexity index is 3460. The Balaban J connectivity index is 0.942. The summed E-state index contributed by atoms with van der Waals surface area (Å²) in [4.78, 5) is 75.1. The largest absolute Gasteiger partial charge is 0.494 e. The number of nitrogens with zero attached hydrogens (tertiary/aromatic N) is 12. The van der Waals surface area contributed by atoms with Crippen molar-refractivity contribution in [2.45, 2.75) is 118 Å². The van der Waals surface area contributed by atoms with Crippen molar-refractivity contribution in [3.8, 4) is 11.5 Å². The summed E-state index contributed by atoms with van der Waals surface area (Å²) in [5.41, 5.74) is 21.9. The number of ether oxygens (including phenoxy) is 2. The number of carbonyl (C=O) groups is 5. The Morgan fingerprint density at radius 2 is 1.41 bits per heavy atom. The molecule has 8 N–H and O–H groups in total. The van der Waals surface area contributed by atoms with E-state index in [1.165, 1.54) is 13.2 Å². The van der Waals surface area contributed by atoms with Crippen molar-refractivity contribution >= 4 is 63.2 Å². The molecular formula is C55H71N17O7. The number of hydrogen-bond acceptors (Lipinski definition) is 14. The molecule has 79 heavy (non-hydrogen) atoms. The van der Waals surface area contributed by atoms with Crippen LogP contribution in [0.15, 0.2) is 54.6 Å². The van der Waals surface area contributed by atoms with E-state index in [9.17, 15) is 24.0 Å². The Morgan fingerprint density at radius 1 is 0.772 bits per heavy atom. The number of fused-ring (bicyclic) bond motifs is 3. The molecule has 5 amide bonds. The van der Waals surface area contributed by atoms with Crippen LogP contribution in [-0.4, -0.2) is 134 Å². The monoisotopic (exact) mass is 1080 g/mol. The van der Waals surface area contributed by atoms with Crippen molar-refractivity contribution in [3.05, 3.63) is 100 Å². The smallest absolute Gasteiger partial charge is 0.276 e. The molecule has 0 saturated carbocycles. The lowest BCUT2D eigenvalue weighted by atomic mass is 9.95. The molecule has 1 fully saturated rings. The lowest BCUT2D eigenvalue weighted by Gasteiger charge is -2.33. The summed E-state index contributed by atoms with van der Waals surface area (Å²) < 4.78 is 21.4. The van der Waals surface area contributed by atoms with Gasteiger partial charge in [0.05, 0.1) is 48.7 Å². The van der Waals surface area contributed by atoms with Crippen LogP contribution in [0.5, 0.6) is 11.5 Å². The molecule has 2 aromatic carbocycles. The van der Waals surface area contributed by atoms with E-state index in [-0.39, 0.29) is 47.9 Å². The quantitative estimate of drug-likeness (QED) is 0.0443. The van der Waals surface area contributed by atoms with E-state index in [2.05, 4.69) is 54.3 Å². The van der Waals surface area contributed by atoms with Gasteiger partial charge >= 0.3 is 0 Å². The van der Waals surface area contributed by atoms with Gasteiger partial charge in [0.2, 0.25) is 23.7 Å². The Labute approximate surface area is 457 Å². The van der Waals surface area contributed by atoms with Crippen LogP contribution < -0.4 is 37.3 Å². The van der Waals surface area contributed by atoms with Crippen LogP contribution in [0.2, 0.25) is 0 Å². The lowest BCUT2D eigenvalue weighted by molar-refractivity contribution is -0.134. The molecule has 418 valence electrons. The molecule has 24 nitrogen and oxygen atoms in total. The number of aryl methyl sites for hydroxylation is 4. The third-order valence-electron chi connectivity index (χ3n) is 14.6. The van der Waals surface area contributed by atoms with Gasteiger partial charge in [-0.2, -0.15) is 10.2 Å². The zero-order chi connectivity index (χ0) is 56.2. The topological polar surface area (TPSA) is 302 Å². The average Bonchev–Trinajstić information content (AvgIpc) is 4.41. The number of primary amides is 2. The number of methoxy groups -OCH3 is 1. The predicted octanol–water partition coefficient (Wildman–Crippen LogP) is 4.96. The highest BCUT2D eigenvalue weighted by Gasteiger charge is 2.32. The van der Waals surface area contributed by atoms with Crippen molar-refractivity contribution in [2.24, 2.45) is 23.1 Å². The van der Waals surface area contributed by atoms with E-state index in [0.29, 0.717) is 120 Å². The summed E-state index contributed by atoms with van der Waals surface area (Å²) in [5, 5.41) is 24.7. The standard InChI is InChI=1S/C55H71N17O7/c1-8-71-41(24-33(5)64-71)52(75)60-45-30-36-26-37(49(57)73)29-44(79-22-12-15-66-18-13-35(14-19-66)51-63-62-46-31-67(20-21-69(46)51)54(77)39(56)23-32(3)4)47(36)68(45)16-10-11-17-70-48-40(27-38(50(58)74)28-43(48)78-7)59-55(70)61-53(76)42-25-34(6)65-72(42)9-2/h10-11,24-30,32,35,39H,8-9,12-23,31,56H2,1-7H3,(H2,57,73)(H2,58,74)(H,60,75)(H,59,61,76)/b11-10+/t39-/m0/s1. The number of likely N-dealkylation sites (tertiary alicyclic amines) is 1. The van der Waals surface area contributed by atoms with E-state index in [4.69, 9.17) is 31.7 Å². The number of benzene rings is 2. The van der Waals surface area contributed by atoms with E-state index >= 15 is 0 Å². The van der Waals surface area contributed by atoms with Gasteiger partial charge in [0, 0.05) is 68.2 Å². The molecule has 7 aromatic rings. The van der Waals surface area contributed by atoms with Crippen LogP contribution in [0, 0.1) is 19.8 Å². The number of hydrogen-bond donors (Lipinski definition) is 5. The summed E-state index contributed by atoms with van der Waals surface area (Å²) in [7, 11) is 1.47. The van der Waals surface area contributed by atoms with Crippen molar-refractivity contribution in [3.63, 3.8) is 0 Å². The van der Waals surface area contributed by atoms with Gasteiger partial charge in [0.1, 0.15) is 40.0 Å². The van der Waals surface area contributed by atoms with Crippen LogP contribution in [0.4, 0.5) is 11.8 Å². The number of carbonyl (C=O) groups excluding carboxylic acids is 5. The van der Waals surface area contributed by atoms with Gasteiger partial charge < -0.3 is 55.5 Å². The van der Waals surface area contributed by atoms with Crippen LogP contribution in [0.3, 0.4) is 0 Å². The van der Waals surface area contributed by atoms with E-state index < -0.39 is 23.8 Å². The molecule has 0 spiro atoms. The van der Waals surface area contributed by atoms with E-state index in [1.54, 1.807) is 55.2 Å². The summed E-state index contributed by atoms with van der Waals surface area (Å²) in [6.07, 6.45) is 6.94. The normalized spacial score (nSPS) is 14.6. The van der Waals surface area contributed by atoms with Gasteiger partial charge in [-0.1, -0.05) is 26.0 Å². The number of amides is 5. The summed E-state index contributed by atoms with van der Waals surface area (Å²) in [5.74, 6) is 1.54. The number of anilines is 2. The van der Waals surface area contributed by atoms with Gasteiger partial charge in [-0.25, -0.2) is 4.98 Å². The molecule has 7 heterocycles. The predicted molar refractivity (Wildman–Crippen MR) is 297 cm³/mol. The zero-order valence-electron chi connectivity index (χ0n) is 46.0. The second-order valence-corrected chi connectivity index (χ2v) is 20.7. The summed E-state index contributed by atoms with van der Waals surface area (Å²) in [6, 6.07) is 11.1. The van der Waals surface area contributed by atoms with Crippen molar-refractivity contribution in [1.82, 2.24) is 58.2 Å². The number of rotatable bonds is 22. The first-order chi connectivity index (χ1) is 37.9. The van der Waals surface area contributed by atoms with Crippen LogP contribution in [0.25, 0.3) is 21.9 Å². The number of nitrogens with two attached hydrogens (primary N) is 3. The minimum atomic E-state index is -0.670. The maximum Gasteiger partial charge on any atom is 0.276 e. The average molecular weight is 1080 g/mol. The van der Waals surface area contributed by atoms with E-state index in [1.807, 2.05) is 44.4 Å².